The second-order valence-electron chi connectivity index (χ2n) is 4.93. The fourth-order valence-electron chi connectivity index (χ4n) is 2.04. The van der Waals surface area contributed by atoms with Gasteiger partial charge in [-0.1, -0.05) is 24.3 Å². The summed E-state index contributed by atoms with van der Waals surface area (Å²) < 4.78 is 13.6. The molecule has 5 nitrogen and oxygen atoms in total. The van der Waals surface area contributed by atoms with E-state index in [0.717, 1.165) is 5.69 Å². The Kier molecular flexibility index (Phi) is 9.24. The molecule has 0 bridgehead atoms. The highest BCUT2D eigenvalue weighted by Gasteiger charge is 2.12. The standard InChI is InChI=1S/C17H21FN4O.HI/c1-2-19-17(21-11-13-7-5-6-10-20-13)22-12-16(23)14-8-3-4-9-15(14)18;/h3-10,16,23H,2,11-12H2,1H3,(H2,19,21,22);1H. The highest BCUT2D eigenvalue weighted by atomic mass is 127. The van der Waals surface area contributed by atoms with Gasteiger partial charge in [-0.3, -0.25) is 4.98 Å². The molecule has 0 saturated heterocycles. The van der Waals surface area contributed by atoms with Gasteiger partial charge in [0.05, 0.1) is 18.3 Å². The lowest BCUT2D eigenvalue weighted by Gasteiger charge is -2.16. The van der Waals surface area contributed by atoms with E-state index >= 15 is 0 Å². The van der Waals surface area contributed by atoms with E-state index in [0.29, 0.717) is 19.0 Å². The fourth-order valence-corrected chi connectivity index (χ4v) is 2.04. The molecule has 1 aromatic carbocycles. The summed E-state index contributed by atoms with van der Waals surface area (Å²) in [6.07, 6.45) is 0.766. The molecule has 2 rings (SSSR count). The minimum atomic E-state index is -0.949. The number of halogens is 2. The molecule has 0 fully saturated rings. The molecule has 7 heteroatoms. The smallest absolute Gasteiger partial charge is 0.191 e. The number of aliphatic hydroxyl groups is 1. The highest BCUT2D eigenvalue weighted by molar-refractivity contribution is 14.0. The third-order valence-electron chi connectivity index (χ3n) is 3.20. The Morgan fingerprint density at radius 3 is 2.62 bits per heavy atom. The second kappa shape index (κ2) is 10.9. The highest BCUT2D eigenvalue weighted by Crippen LogP contribution is 2.15. The Hall–Kier alpha value is -1.74. The van der Waals surface area contributed by atoms with Gasteiger partial charge in [0.2, 0.25) is 0 Å². The van der Waals surface area contributed by atoms with Gasteiger partial charge in [-0.25, -0.2) is 9.38 Å². The minimum absolute atomic E-state index is 0. The van der Waals surface area contributed by atoms with Crippen LogP contribution in [-0.4, -0.2) is 29.1 Å². The third kappa shape index (κ3) is 6.40. The molecule has 1 atom stereocenters. The number of aromatic nitrogens is 1. The van der Waals surface area contributed by atoms with Gasteiger partial charge in [-0.05, 0) is 25.1 Å². The van der Waals surface area contributed by atoms with Crippen LogP contribution in [0, 0.1) is 5.82 Å². The second-order valence-corrected chi connectivity index (χ2v) is 4.93. The first-order valence-corrected chi connectivity index (χ1v) is 7.55. The van der Waals surface area contributed by atoms with Gasteiger partial charge in [-0.2, -0.15) is 0 Å². The Bertz CT molecular complexity index is 639. The zero-order chi connectivity index (χ0) is 16.5. The maximum Gasteiger partial charge on any atom is 0.191 e. The zero-order valence-electron chi connectivity index (χ0n) is 13.4. The molecule has 0 aliphatic heterocycles. The number of guanidine groups is 1. The fraction of sp³-hybridized carbons (Fsp3) is 0.294. The normalized spacial score (nSPS) is 12.2. The quantitative estimate of drug-likeness (QED) is 0.364. The van der Waals surface area contributed by atoms with Gasteiger partial charge < -0.3 is 15.7 Å². The summed E-state index contributed by atoms with van der Waals surface area (Å²) in [5.74, 6) is 0.130. The lowest BCUT2D eigenvalue weighted by atomic mass is 10.1. The van der Waals surface area contributed by atoms with Crippen molar-refractivity contribution in [2.75, 3.05) is 13.1 Å². The molecule has 0 saturated carbocycles. The molecule has 130 valence electrons. The van der Waals surface area contributed by atoms with Crippen molar-refractivity contribution in [2.24, 2.45) is 4.99 Å². The molecule has 0 aliphatic rings. The van der Waals surface area contributed by atoms with Crippen LogP contribution in [-0.2, 0) is 6.54 Å². The Morgan fingerprint density at radius 1 is 1.21 bits per heavy atom. The molecular formula is C17H22FIN4O. The molecule has 2 aromatic rings. The SMILES string of the molecule is CCNC(=NCc1ccccn1)NCC(O)c1ccccc1F.I. The van der Waals surface area contributed by atoms with Crippen LogP contribution >= 0.6 is 24.0 Å². The topological polar surface area (TPSA) is 69.5 Å². The Balaban J connectivity index is 0.00000288. The summed E-state index contributed by atoms with van der Waals surface area (Å²) in [6, 6.07) is 11.8. The number of rotatable bonds is 6. The van der Waals surface area contributed by atoms with Crippen LogP contribution in [0.2, 0.25) is 0 Å². The monoisotopic (exact) mass is 444 g/mol. The van der Waals surface area contributed by atoms with Crippen molar-refractivity contribution >= 4 is 29.9 Å². The van der Waals surface area contributed by atoms with Crippen molar-refractivity contribution in [3.8, 4) is 0 Å². The number of nitrogens with zero attached hydrogens (tertiary/aromatic N) is 2. The van der Waals surface area contributed by atoms with E-state index in [1.165, 1.54) is 6.07 Å². The van der Waals surface area contributed by atoms with E-state index in [1.807, 2.05) is 25.1 Å². The molecule has 0 amide bonds. The van der Waals surface area contributed by atoms with Crippen molar-refractivity contribution in [1.82, 2.24) is 15.6 Å². The van der Waals surface area contributed by atoms with Crippen molar-refractivity contribution in [3.63, 3.8) is 0 Å². The minimum Gasteiger partial charge on any atom is -0.386 e. The van der Waals surface area contributed by atoms with Crippen LogP contribution in [0.5, 0.6) is 0 Å². The summed E-state index contributed by atoms with van der Waals surface area (Å²) >= 11 is 0. The Morgan fingerprint density at radius 2 is 1.96 bits per heavy atom. The lowest BCUT2D eigenvalue weighted by molar-refractivity contribution is 0.176. The first-order chi connectivity index (χ1) is 11.2. The summed E-state index contributed by atoms with van der Waals surface area (Å²) in [7, 11) is 0. The summed E-state index contributed by atoms with van der Waals surface area (Å²) in [5.41, 5.74) is 1.11. The number of aliphatic hydroxyl groups excluding tert-OH is 1. The number of aliphatic imine (C=N–C) groups is 1. The largest absolute Gasteiger partial charge is 0.386 e. The molecular weight excluding hydrogens is 422 g/mol. The molecule has 1 unspecified atom stereocenters. The van der Waals surface area contributed by atoms with E-state index in [2.05, 4.69) is 20.6 Å². The van der Waals surface area contributed by atoms with Crippen molar-refractivity contribution in [3.05, 3.63) is 65.7 Å². The summed E-state index contributed by atoms with van der Waals surface area (Å²) in [4.78, 5) is 8.60. The first kappa shape index (κ1) is 20.3. The van der Waals surface area contributed by atoms with E-state index in [4.69, 9.17) is 0 Å². The van der Waals surface area contributed by atoms with Gasteiger partial charge >= 0.3 is 0 Å². The molecule has 0 radical (unpaired) electrons. The van der Waals surface area contributed by atoms with Crippen molar-refractivity contribution < 1.29 is 9.50 Å². The zero-order valence-corrected chi connectivity index (χ0v) is 15.8. The van der Waals surface area contributed by atoms with Crippen molar-refractivity contribution in [2.45, 2.75) is 19.6 Å². The van der Waals surface area contributed by atoms with Gasteiger partial charge in [0, 0.05) is 24.8 Å². The average Bonchev–Trinajstić information content (AvgIpc) is 2.58. The van der Waals surface area contributed by atoms with Crippen LogP contribution < -0.4 is 10.6 Å². The van der Waals surface area contributed by atoms with E-state index in [-0.39, 0.29) is 36.1 Å². The number of pyridine rings is 1. The van der Waals surface area contributed by atoms with Crippen LogP contribution in [0.3, 0.4) is 0 Å². The molecule has 0 aliphatic carbocycles. The van der Waals surface area contributed by atoms with Crippen molar-refractivity contribution in [1.29, 1.82) is 0 Å². The molecule has 1 heterocycles. The maximum atomic E-state index is 13.6. The van der Waals surface area contributed by atoms with E-state index < -0.39 is 11.9 Å². The molecule has 3 N–H and O–H groups in total. The number of nitrogens with one attached hydrogen (secondary N) is 2. The van der Waals surface area contributed by atoms with E-state index in [1.54, 1.807) is 24.4 Å². The van der Waals surface area contributed by atoms with Crippen LogP contribution in [0.15, 0.2) is 53.7 Å². The number of hydrogen-bond donors (Lipinski definition) is 3. The third-order valence-corrected chi connectivity index (χ3v) is 3.20. The van der Waals surface area contributed by atoms with E-state index in [9.17, 15) is 9.50 Å². The van der Waals surface area contributed by atoms with Crippen LogP contribution in [0.1, 0.15) is 24.3 Å². The molecule has 0 spiro atoms. The van der Waals surface area contributed by atoms with Gasteiger partial charge in [0.1, 0.15) is 5.82 Å². The Labute approximate surface area is 158 Å². The summed E-state index contributed by atoms with van der Waals surface area (Å²) in [5, 5.41) is 16.2. The predicted molar refractivity (Wildman–Crippen MR) is 104 cm³/mol. The summed E-state index contributed by atoms with van der Waals surface area (Å²) in [6.45, 7) is 3.22. The van der Waals surface area contributed by atoms with Gasteiger partial charge in [0.15, 0.2) is 5.96 Å². The lowest BCUT2D eigenvalue weighted by Crippen LogP contribution is -2.39. The molecule has 1 aromatic heterocycles. The number of benzene rings is 1. The first-order valence-electron chi connectivity index (χ1n) is 7.55. The maximum absolute atomic E-state index is 13.6. The van der Waals surface area contributed by atoms with Crippen LogP contribution in [0.25, 0.3) is 0 Å². The van der Waals surface area contributed by atoms with Crippen LogP contribution in [0.4, 0.5) is 4.39 Å². The predicted octanol–water partition coefficient (Wildman–Crippen LogP) is 2.63. The molecule has 24 heavy (non-hydrogen) atoms. The average molecular weight is 444 g/mol. The number of hydrogen-bond acceptors (Lipinski definition) is 3. The van der Waals surface area contributed by atoms with Gasteiger partial charge in [0.25, 0.3) is 0 Å². The van der Waals surface area contributed by atoms with Gasteiger partial charge in [-0.15, -0.1) is 24.0 Å².